The molecule has 0 saturated carbocycles. The van der Waals surface area contributed by atoms with E-state index in [-0.39, 0.29) is 12.5 Å². The molecule has 1 fully saturated rings. The highest BCUT2D eigenvalue weighted by molar-refractivity contribution is 7.10. The first-order valence-corrected chi connectivity index (χ1v) is 10.2. The predicted molar refractivity (Wildman–Crippen MR) is 102 cm³/mol. The minimum atomic E-state index is -4.07. The molecule has 1 aliphatic rings. The number of likely N-dealkylation sites (tertiary alicyclic amines) is 1. The second-order valence-corrected chi connectivity index (χ2v) is 7.47. The van der Waals surface area contributed by atoms with Crippen molar-refractivity contribution in [3.05, 3.63) is 22.4 Å². The van der Waals surface area contributed by atoms with Crippen LogP contribution in [0.15, 0.2) is 22.5 Å². The van der Waals surface area contributed by atoms with Crippen LogP contribution in [0.3, 0.4) is 0 Å². The number of guanidine groups is 1. The number of thiophene rings is 1. The largest absolute Gasteiger partial charge is 0.389 e. The topological polar surface area (TPSA) is 39.7 Å². The lowest BCUT2D eigenvalue weighted by Crippen LogP contribution is -2.38. The number of alkyl halides is 3. The molecule has 0 bridgehead atoms. The van der Waals surface area contributed by atoms with Crippen molar-refractivity contribution in [2.45, 2.75) is 51.2 Å². The Labute approximate surface area is 157 Å². The molecule has 0 aliphatic carbocycles. The van der Waals surface area contributed by atoms with Crippen LogP contribution in [0.1, 0.15) is 49.9 Å². The van der Waals surface area contributed by atoms with Crippen LogP contribution in [0.5, 0.6) is 0 Å². The standard InChI is InChI=1S/C18H29F3N4S/c1-2-22-17(23-10-4-3-9-18(19,20)21)24-14-15(16-8-7-13-26-16)25-11-5-6-12-25/h7-8,13,15H,2-6,9-12,14H2,1H3,(H2,22,23,24). The predicted octanol–water partition coefficient (Wildman–Crippen LogP) is 4.17. The third-order valence-corrected chi connectivity index (χ3v) is 5.37. The fourth-order valence-corrected chi connectivity index (χ4v) is 3.95. The Balaban J connectivity index is 1.86. The van der Waals surface area contributed by atoms with Crippen molar-refractivity contribution < 1.29 is 13.2 Å². The first kappa shape index (κ1) is 21.0. The van der Waals surface area contributed by atoms with Crippen molar-refractivity contribution in [3.63, 3.8) is 0 Å². The van der Waals surface area contributed by atoms with Gasteiger partial charge < -0.3 is 10.6 Å². The average molecular weight is 391 g/mol. The summed E-state index contributed by atoms with van der Waals surface area (Å²) in [6.45, 7) is 6.05. The van der Waals surface area contributed by atoms with Gasteiger partial charge in [0.2, 0.25) is 0 Å². The first-order chi connectivity index (χ1) is 12.5. The number of aliphatic imine (C=N–C) groups is 1. The van der Waals surface area contributed by atoms with Gasteiger partial charge in [-0.05, 0) is 57.1 Å². The zero-order valence-corrected chi connectivity index (χ0v) is 16.1. The Kier molecular flexibility index (Phi) is 8.71. The maximum absolute atomic E-state index is 12.2. The van der Waals surface area contributed by atoms with E-state index >= 15 is 0 Å². The van der Waals surface area contributed by atoms with Crippen molar-refractivity contribution in [1.82, 2.24) is 15.5 Å². The van der Waals surface area contributed by atoms with Crippen LogP contribution in [0, 0.1) is 0 Å². The van der Waals surface area contributed by atoms with Gasteiger partial charge in [0.25, 0.3) is 0 Å². The molecule has 0 spiro atoms. The van der Waals surface area contributed by atoms with E-state index in [2.05, 4.69) is 33.0 Å². The zero-order valence-electron chi connectivity index (χ0n) is 15.3. The normalized spacial score (nSPS) is 17.5. The molecule has 1 unspecified atom stereocenters. The minimum Gasteiger partial charge on any atom is -0.357 e. The number of hydrogen-bond acceptors (Lipinski definition) is 3. The lowest BCUT2D eigenvalue weighted by atomic mass is 10.2. The van der Waals surface area contributed by atoms with Gasteiger partial charge in [-0.2, -0.15) is 13.2 Å². The number of hydrogen-bond donors (Lipinski definition) is 2. The number of rotatable bonds is 9. The summed E-state index contributed by atoms with van der Waals surface area (Å²) in [5.41, 5.74) is 0. The van der Waals surface area contributed by atoms with Crippen LogP contribution < -0.4 is 10.6 Å². The molecule has 4 nitrogen and oxygen atoms in total. The molecule has 2 heterocycles. The molecule has 8 heteroatoms. The third-order valence-electron chi connectivity index (χ3n) is 4.40. The second kappa shape index (κ2) is 10.8. The van der Waals surface area contributed by atoms with Gasteiger partial charge in [-0.25, -0.2) is 0 Å². The Morgan fingerprint density at radius 3 is 2.65 bits per heavy atom. The van der Waals surface area contributed by atoms with Gasteiger partial charge in [0.15, 0.2) is 5.96 Å². The number of unbranched alkanes of at least 4 members (excludes halogenated alkanes) is 1. The van der Waals surface area contributed by atoms with E-state index in [4.69, 9.17) is 4.99 Å². The van der Waals surface area contributed by atoms with Gasteiger partial charge in [0, 0.05) is 24.4 Å². The molecule has 26 heavy (non-hydrogen) atoms. The molecular weight excluding hydrogens is 361 g/mol. The third kappa shape index (κ3) is 7.53. The molecule has 2 N–H and O–H groups in total. The Bertz CT molecular complexity index is 525. The molecule has 0 amide bonds. The molecule has 1 saturated heterocycles. The molecule has 1 aromatic rings. The molecule has 0 aromatic carbocycles. The maximum atomic E-state index is 12.2. The van der Waals surface area contributed by atoms with Crippen LogP contribution in [0.4, 0.5) is 13.2 Å². The average Bonchev–Trinajstić information content (AvgIpc) is 3.27. The van der Waals surface area contributed by atoms with E-state index in [1.165, 1.54) is 17.7 Å². The maximum Gasteiger partial charge on any atom is 0.389 e. The van der Waals surface area contributed by atoms with Gasteiger partial charge in [-0.3, -0.25) is 9.89 Å². The molecular formula is C18H29F3N4S. The summed E-state index contributed by atoms with van der Waals surface area (Å²) in [5.74, 6) is 0.681. The summed E-state index contributed by atoms with van der Waals surface area (Å²) in [5, 5.41) is 8.43. The lowest BCUT2D eigenvalue weighted by Gasteiger charge is -2.25. The molecule has 2 rings (SSSR count). The quantitative estimate of drug-likeness (QED) is 0.378. The van der Waals surface area contributed by atoms with E-state index in [1.807, 2.05) is 6.92 Å². The van der Waals surface area contributed by atoms with Crippen LogP contribution in [-0.2, 0) is 0 Å². The molecule has 1 aliphatic heterocycles. The smallest absolute Gasteiger partial charge is 0.357 e. The van der Waals surface area contributed by atoms with Crippen molar-refractivity contribution in [3.8, 4) is 0 Å². The highest BCUT2D eigenvalue weighted by atomic mass is 32.1. The van der Waals surface area contributed by atoms with Crippen LogP contribution in [0.25, 0.3) is 0 Å². The highest BCUT2D eigenvalue weighted by Gasteiger charge is 2.26. The van der Waals surface area contributed by atoms with E-state index in [1.54, 1.807) is 11.3 Å². The van der Waals surface area contributed by atoms with Crippen molar-refractivity contribution in [2.75, 3.05) is 32.7 Å². The summed E-state index contributed by atoms with van der Waals surface area (Å²) >= 11 is 1.75. The first-order valence-electron chi connectivity index (χ1n) is 9.36. The number of nitrogens with zero attached hydrogens (tertiary/aromatic N) is 2. The van der Waals surface area contributed by atoms with E-state index in [9.17, 15) is 13.2 Å². The summed E-state index contributed by atoms with van der Waals surface area (Å²) < 4.78 is 36.6. The van der Waals surface area contributed by atoms with Crippen molar-refractivity contribution in [1.29, 1.82) is 0 Å². The Hall–Kier alpha value is -1.28. The van der Waals surface area contributed by atoms with Crippen LogP contribution in [0.2, 0.25) is 0 Å². The fraction of sp³-hybridized carbons (Fsp3) is 0.722. The SMILES string of the molecule is CCNC(=NCC(c1cccs1)N1CCCC1)NCCCCC(F)(F)F. The molecule has 1 atom stereocenters. The number of nitrogens with one attached hydrogen (secondary N) is 2. The minimum absolute atomic E-state index is 0.140. The zero-order chi connectivity index (χ0) is 18.8. The monoisotopic (exact) mass is 390 g/mol. The van der Waals surface area contributed by atoms with Crippen LogP contribution in [-0.4, -0.2) is 49.8 Å². The van der Waals surface area contributed by atoms with Gasteiger partial charge in [0.05, 0.1) is 12.6 Å². The molecule has 148 valence electrons. The Morgan fingerprint density at radius 2 is 2.04 bits per heavy atom. The van der Waals surface area contributed by atoms with E-state index in [0.29, 0.717) is 25.5 Å². The van der Waals surface area contributed by atoms with Gasteiger partial charge in [0.1, 0.15) is 0 Å². The molecule has 1 aromatic heterocycles. The van der Waals surface area contributed by atoms with Crippen molar-refractivity contribution in [2.24, 2.45) is 4.99 Å². The summed E-state index contributed by atoms with van der Waals surface area (Å²) in [6, 6.07) is 4.50. The van der Waals surface area contributed by atoms with Gasteiger partial charge in [-0.15, -0.1) is 11.3 Å². The summed E-state index contributed by atoms with van der Waals surface area (Å²) in [7, 11) is 0. The second-order valence-electron chi connectivity index (χ2n) is 6.49. The van der Waals surface area contributed by atoms with Crippen LogP contribution >= 0.6 is 11.3 Å². The lowest BCUT2D eigenvalue weighted by molar-refractivity contribution is -0.135. The molecule has 0 radical (unpaired) electrons. The summed E-state index contributed by atoms with van der Waals surface area (Å²) in [4.78, 5) is 8.49. The summed E-state index contributed by atoms with van der Waals surface area (Å²) in [6.07, 6.45) is -1.72. The van der Waals surface area contributed by atoms with E-state index in [0.717, 1.165) is 19.6 Å². The van der Waals surface area contributed by atoms with Crippen molar-refractivity contribution >= 4 is 17.3 Å². The van der Waals surface area contributed by atoms with E-state index < -0.39 is 12.6 Å². The van der Waals surface area contributed by atoms with Gasteiger partial charge >= 0.3 is 6.18 Å². The fourth-order valence-electron chi connectivity index (χ4n) is 3.10. The van der Waals surface area contributed by atoms with Gasteiger partial charge in [-0.1, -0.05) is 6.07 Å². The Morgan fingerprint density at radius 1 is 1.27 bits per heavy atom. The number of halogens is 3. The highest BCUT2D eigenvalue weighted by Crippen LogP contribution is 2.28.